The maximum Gasteiger partial charge on any atom is 0.229 e. The zero-order valence-corrected chi connectivity index (χ0v) is 16.0. The predicted molar refractivity (Wildman–Crippen MR) is 110 cm³/mol. The highest BCUT2D eigenvalue weighted by Crippen LogP contribution is 2.36. The standard InChI is InChI=1S/C21H19F2N7/c22-15-6-3-7-16(23)18(15)28-21-27-17-12-25-20(26-13-8-10-24-11-9-13)29-19(17)30(21)14-4-1-2-5-14/h3,6-12,14H,1-2,4-5H2,(H,27,28)(H,24,25,26,29). The van der Waals surface area contributed by atoms with Gasteiger partial charge >= 0.3 is 0 Å². The number of fused-ring (bicyclic) bond motifs is 1. The fraction of sp³-hybridized carbons (Fsp3) is 0.238. The number of nitrogens with one attached hydrogen (secondary N) is 2. The number of aromatic nitrogens is 5. The molecule has 1 saturated carbocycles. The highest BCUT2D eigenvalue weighted by atomic mass is 19.1. The molecule has 0 radical (unpaired) electrons. The predicted octanol–water partition coefficient (Wildman–Crippen LogP) is 5.10. The molecule has 0 amide bonds. The first-order chi connectivity index (χ1) is 14.7. The van der Waals surface area contributed by atoms with Crippen molar-refractivity contribution in [3.05, 3.63) is 60.6 Å². The fourth-order valence-corrected chi connectivity index (χ4v) is 3.84. The van der Waals surface area contributed by atoms with Crippen LogP contribution in [0.3, 0.4) is 0 Å². The number of halogens is 2. The van der Waals surface area contributed by atoms with E-state index >= 15 is 0 Å². The molecule has 5 rings (SSSR count). The molecule has 7 nitrogen and oxygen atoms in total. The van der Waals surface area contributed by atoms with E-state index in [1.165, 1.54) is 18.2 Å². The number of imidazole rings is 1. The van der Waals surface area contributed by atoms with E-state index in [9.17, 15) is 8.78 Å². The van der Waals surface area contributed by atoms with Crippen LogP contribution in [-0.4, -0.2) is 24.5 Å². The second-order valence-electron chi connectivity index (χ2n) is 7.23. The molecule has 1 fully saturated rings. The van der Waals surface area contributed by atoms with Crippen LogP contribution < -0.4 is 10.6 Å². The lowest BCUT2D eigenvalue weighted by Gasteiger charge is -2.17. The van der Waals surface area contributed by atoms with Crippen molar-refractivity contribution in [2.24, 2.45) is 0 Å². The third-order valence-corrected chi connectivity index (χ3v) is 5.26. The van der Waals surface area contributed by atoms with Gasteiger partial charge in [0.25, 0.3) is 0 Å². The van der Waals surface area contributed by atoms with Gasteiger partial charge in [-0.15, -0.1) is 0 Å². The summed E-state index contributed by atoms with van der Waals surface area (Å²) in [5, 5.41) is 6.00. The lowest BCUT2D eigenvalue weighted by molar-refractivity contribution is 0.533. The van der Waals surface area contributed by atoms with Crippen molar-refractivity contribution >= 4 is 34.4 Å². The Balaban J connectivity index is 1.59. The third-order valence-electron chi connectivity index (χ3n) is 5.26. The Kier molecular flexibility index (Phi) is 4.70. The Hall–Kier alpha value is -3.62. The molecular weight excluding hydrogens is 388 g/mol. The van der Waals surface area contributed by atoms with Gasteiger partial charge < -0.3 is 10.6 Å². The number of anilines is 4. The van der Waals surface area contributed by atoms with Crippen molar-refractivity contribution in [2.75, 3.05) is 10.6 Å². The summed E-state index contributed by atoms with van der Waals surface area (Å²) in [6.07, 6.45) is 9.05. The summed E-state index contributed by atoms with van der Waals surface area (Å²) in [7, 11) is 0. The Bertz CT molecular complexity index is 1170. The Labute approximate surface area is 171 Å². The lowest BCUT2D eigenvalue weighted by Crippen LogP contribution is -2.11. The molecule has 0 bridgehead atoms. The van der Waals surface area contributed by atoms with Gasteiger partial charge in [-0.2, -0.15) is 4.98 Å². The maximum absolute atomic E-state index is 14.2. The van der Waals surface area contributed by atoms with Gasteiger partial charge in [-0.25, -0.2) is 18.7 Å². The molecule has 152 valence electrons. The van der Waals surface area contributed by atoms with Gasteiger partial charge in [-0.1, -0.05) is 18.9 Å². The van der Waals surface area contributed by atoms with Crippen molar-refractivity contribution in [3.63, 3.8) is 0 Å². The van der Waals surface area contributed by atoms with Crippen molar-refractivity contribution in [3.8, 4) is 0 Å². The van der Waals surface area contributed by atoms with E-state index in [2.05, 4.69) is 30.6 Å². The molecule has 9 heteroatoms. The van der Waals surface area contributed by atoms with Gasteiger partial charge in [0.1, 0.15) is 22.8 Å². The molecule has 1 aliphatic rings. The average molecular weight is 407 g/mol. The first-order valence-electron chi connectivity index (χ1n) is 9.82. The summed E-state index contributed by atoms with van der Waals surface area (Å²) in [4.78, 5) is 17.5. The molecule has 0 spiro atoms. The number of benzene rings is 1. The van der Waals surface area contributed by atoms with Crippen molar-refractivity contribution in [1.29, 1.82) is 0 Å². The summed E-state index contributed by atoms with van der Waals surface area (Å²) in [5.74, 6) is -0.579. The average Bonchev–Trinajstić information content (AvgIpc) is 3.39. The minimum Gasteiger partial charge on any atom is -0.324 e. The number of para-hydroxylation sites is 1. The second-order valence-corrected chi connectivity index (χ2v) is 7.23. The summed E-state index contributed by atoms with van der Waals surface area (Å²) < 4.78 is 30.4. The monoisotopic (exact) mass is 407 g/mol. The fourth-order valence-electron chi connectivity index (χ4n) is 3.84. The molecule has 3 aromatic heterocycles. The number of rotatable bonds is 5. The Morgan fingerprint density at radius 2 is 1.67 bits per heavy atom. The van der Waals surface area contributed by atoms with Crippen LogP contribution in [0.15, 0.2) is 48.9 Å². The number of hydrogen-bond donors (Lipinski definition) is 2. The van der Waals surface area contributed by atoms with Gasteiger partial charge in [0.05, 0.1) is 6.20 Å². The van der Waals surface area contributed by atoms with E-state index in [0.29, 0.717) is 23.1 Å². The van der Waals surface area contributed by atoms with Gasteiger partial charge in [0, 0.05) is 24.1 Å². The number of hydrogen-bond acceptors (Lipinski definition) is 6. The van der Waals surface area contributed by atoms with Gasteiger partial charge in [-0.3, -0.25) is 9.55 Å². The van der Waals surface area contributed by atoms with E-state index in [0.717, 1.165) is 31.4 Å². The second kappa shape index (κ2) is 7.66. The van der Waals surface area contributed by atoms with E-state index in [1.54, 1.807) is 18.6 Å². The van der Waals surface area contributed by atoms with Gasteiger partial charge in [-0.05, 0) is 37.1 Å². The van der Waals surface area contributed by atoms with E-state index in [1.807, 2.05) is 16.7 Å². The molecule has 30 heavy (non-hydrogen) atoms. The molecule has 1 aromatic carbocycles. The molecule has 2 N–H and O–H groups in total. The van der Waals surface area contributed by atoms with Crippen molar-refractivity contribution < 1.29 is 8.78 Å². The van der Waals surface area contributed by atoms with Crippen LogP contribution in [0.5, 0.6) is 0 Å². The smallest absolute Gasteiger partial charge is 0.229 e. The van der Waals surface area contributed by atoms with E-state index in [-0.39, 0.29) is 11.7 Å². The van der Waals surface area contributed by atoms with Crippen LogP contribution in [0.4, 0.5) is 32.1 Å². The molecule has 1 aliphatic carbocycles. The van der Waals surface area contributed by atoms with Crippen LogP contribution >= 0.6 is 0 Å². The van der Waals surface area contributed by atoms with Gasteiger partial charge in [0.15, 0.2) is 5.65 Å². The quantitative estimate of drug-likeness (QED) is 0.479. The molecule has 0 saturated heterocycles. The molecule has 0 atom stereocenters. The SMILES string of the molecule is Fc1cccc(F)c1Nc1nc2cnc(Nc3ccncc3)nc2n1C1CCCC1. The largest absolute Gasteiger partial charge is 0.324 e. The minimum atomic E-state index is -0.675. The summed E-state index contributed by atoms with van der Waals surface area (Å²) in [6.45, 7) is 0. The van der Waals surface area contributed by atoms with E-state index < -0.39 is 11.6 Å². The third kappa shape index (κ3) is 3.42. The molecular formula is C21H19F2N7. The Morgan fingerprint density at radius 3 is 2.40 bits per heavy atom. The minimum absolute atomic E-state index is 0.149. The van der Waals surface area contributed by atoms with Crippen LogP contribution in [0, 0.1) is 11.6 Å². The Morgan fingerprint density at radius 1 is 0.933 bits per heavy atom. The molecule has 0 unspecified atom stereocenters. The zero-order chi connectivity index (χ0) is 20.5. The number of pyridine rings is 1. The van der Waals surface area contributed by atoms with Crippen LogP contribution in [-0.2, 0) is 0 Å². The molecule has 3 heterocycles. The topological polar surface area (TPSA) is 80.6 Å². The summed E-state index contributed by atoms with van der Waals surface area (Å²) in [5.41, 5.74) is 1.76. The summed E-state index contributed by atoms with van der Waals surface area (Å²) in [6, 6.07) is 7.54. The first-order valence-corrected chi connectivity index (χ1v) is 9.82. The normalized spacial score (nSPS) is 14.3. The van der Waals surface area contributed by atoms with Gasteiger partial charge in [0.2, 0.25) is 11.9 Å². The zero-order valence-electron chi connectivity index (χ0n) is 16.0. The van der Waals surface area contributed by atoms with Crippen LogP contribution in [0.25, 0.3) is 11.2 Å². The van der Waals surface area contributed by atoms with Crippen molar-refractivity contribution in [1.82, 2.24) is 24.5 Å². The van der Waals surface area contributed by atoms with Crippen molar-refractivity contribution in [2.45, 2.75) is 31.7 Å². The van der Waals surface area contributed by atoms with E-state index in [4.69, 9.17) is 0 Å². The van der Waals surface area contributed by atoms with Crippen LogP contribution in [0.1, 0.15) is 31.7 Å². The summed E-state index contributed by atoms with van der Waals surface area (Å²) >= 11 is 0. The lowest BCUT2D eigenvalue weighted by atomic mass is 10.2. The highest BCUT2D eigenvalue weighted by molar-refractivity contribution is 5.77. The maximum atomic E-state index is 14.2. The van der Waals surface area contributed by atoms with Crippen LogP contribution in [0.2, 0.25) is 0 Å². The highest BCUT2D eigenvalue weighted by Gasteiger charge is 2.25. The molecule has 4 aromatic rings. The first kappa shape index (κ1) is 18.4. The molecule has 0 aliphatic heterocycles. The number of nitrogens with zero attached hydrogens (tertiary/aromatic N) is 5.